The Morgan fingerprint density at radius 3 is 2.88 bits per heavy atom. The van der Waals surface area contributed by atoms with E-state index in [1.807, 2.05) is 13.8 Å². The van der Waals surface area contributed by atoms with Crippen LogP contribution >= 0.6 is 0 Å². The molecule has 0 aromatic carbocycles. The van der Waals surface area contributed by atoms with Crippen LogP contribution in [0.2, 0.25) is 0 Å². The summed E-state index contributed by atoms with van der Waals surface area (Å²) in [5, 5.41) is 3.76. The Kier molecular flexibility index (Phi) is 3.50. The number of aryl methyl sites for hydroxylation is 2. The highest BCUT2D eigenvalue weighted by molar-refractivity contribution is 7.85. The van der Waals surface area contributed by atoms with Crippen LogP contribution in [0.1, 0.15) is 36.5 Å². The van der Waals surface area contributed by atoms with Crippen molar-refractivity contribution in [2.75, 3.05) is 12.3 Å². The third kappa shape index (κ3) is 2.38. The molecule has 0 saturated carbocycles. The highest BCUT2D eigenvalue weighted by atomic mass is 32.2. The predicted octanol–water partition coefficient (Wildman–Crippen LogP) is 2.07. The summed E-state index contributed by atoms with van der Waals surface area (Å²) < 4.78 is 17.5. The van der Waals surface area contributed by atoms with Crippen molar-refractivity contribution in [3.63, 3.8) is 0 Å². The Labute approximate surface area is 99.1 Å². The van der Waals surface area contributed by atoms with Gasteiger partial charge in [-0.2, -0.15) is 0 Å². The lowest BCUT2D eigenvalue weighted by Gasteiger charge is -2.14. The summed E-state index contributed by atoms with van der Waals surface area (Å²) in [5.41, 5.74) is 1.17. The van der Waals surface area contributed by atoms with Gasteiger partial charge in [0.25, 0.3) is 0 Å². The van der Waals surface area contributed by atoms with Crippen LogP contribution in [0.15, 0.2) is 10.5 Å². The van der Waals surface area contributed by atoms with Gasteiger partial charge in [-0.15, -0.1) is 0 Å². The molecule has 1 aromatic heterocycles. The minimum Gasteiger partial charge on any atom is -0.466 e. The lowest BCUT2D eigenvalue weighted by molar-refractivity contribution is 0.491. The van der Waals surface area contributed by atoms with Crippen LogP contribution in [0.5, 0.6) is 0 Å². The van der Waals surface area contributed by atoms with Gasteiger partial charge in [0, 0.05) is 33.4 Å². The lowest BCUT2D eigenvalue weighted by Crippen LogP contribution is -2.24. The molecule has 3 nitrogen and oxygen atoms in total. The van der Waals surface area contributed by atoms with Crippen LogP contribution in [0.25, 0.3) is 0 Å². The zero-order valence-electron chi connectivity index (χ0n) is 10.1. The van der Waals surface area contributed by atoms with Crippen LogP contribution in [0, 0.1) is 13.8 Å². The van der Waals surface area contributed by atoms with E-state index in [-0.39, 0.29) is 6.04 Å². The Morgan fingerprint density at radius 1 is 1.50 bits per heavy atom. The van der Waals surface area contributed by atoms with Gasteiger partial charge in [-0.05, 0) is 32.9 Å². The van der Waals surface area contributed by atoms with E-state index in [4.69, 9.17) is 4.42 Å². The molecule has 2 rings (SSSR count). The van der Waals surface area contributed by atoms with E-state index < -0.39 is 10.8 Å². The van der Waals surface area contributed by atoms with Gasteiger partial charge in [-0.25, -0.2) is 0 Å². The van der Waals surface area contributed by atoms with E-state index in [2.05, 4.69) is 18.3 Å². The van der Waals surface area contributed by atoms with E-state index >= 15 is 0 Å². The van der Waals surface area contributed by atoms with Gasteiger partial charge in [0.05, 0.1) is 0 Å². The fourth-order valence-electron chi connectivity index (χ4n) is 2.18. The van der Waals surface area contributed by atoms with Gasteiger partial charge in [-0.3, -0.25) is 4.21 Å². The van der Waals surface area contributed by atoms with Crippen molar-refractivity contribution in [1.82, 2.24) is 5.32 Å². The van der Waals surface area contributed by atoms with Gasteiger partial charge >= 0.3 is 0 Å². The molecule has 16 heavy (non-hydrogen) atoms. The zero-order valence-corrected chi connectivity index (χ0v) is 10.9. The summed E-state index contributed by atoms with van der Waals surface area (Å²) in [6, 6.07) is 2.24. The first-order valence-corrected chi connectivity index (χ1v) is 7.13. The quantitative estimate of drug-likeness (QED) is 0.818. The van der Waals surface area contributed by atoms with Crippen LogP contribution in [0.4, 0.5) is 0 Å². The fraction of sp³-hybridized carbons (Fsp3) is 0.667. The predicted molar refractivity (Wildman–Crippen MR) is 66.0 cm³/mol. The maximum absolute atomic E-state index is 12.0. The maximum atomic E-state index is 12.0. The van der Waals surface area contributed by atoms with E-state index in [9.17, 15) is 4.21 Å². The van der Waals surface area contributed by atoms with Gasteiger partial charge in [0.15, 0.2) is 0 Å². The average molecular weight is 241 g/mol. The lowest BCUT2D eigenvalue weighted by atomic mass is 10.1. The molecule has 0 aliphatic carbocycles. The highest BCUT2D eigenvalue weighted by Gasteiger charge is 2.25. The van der Waals surface area contributed by atoms with Crippen molar-refractivity contribution >= 4 is 10.8 Å². The van der Waals surface area contributed by atoms with Gasteiger partial charge in [-0.1, -0.05) is 6.92 Å². The summed E-state index contributed by atoms with van der Waals surface area (Å²) in [5.74, 6) is 2.57. The first-order chi connectivity index (χ1) is 7.58. The molecule has 0 spiro atoms. The molecule has 0 amide bonds. The van der Waals surface area contributed by atoms with Crippen molar-refractivity contribution in [3.8, 4) is 0 Å². The second-order valence-corrected chi connectivity index (χ2v) is 6.42. The van der Waals surface area contributed by atoms with Crippen molar-refractivity contribution in [1.29, 1.82) is 0 Å². The van der Waals surface area contributed by atoms with E-state index in [1.54, 1.807) is 0 Å². The summed E-state index contributed by atoms with van der Waals surface area (Å²) >= 11 is 0. The summed E-state index contributed by atoms with van der Waals surface area (Å²) in [6.07, 6.45) is 0.985. The largest absolute Gasteiger partial charge is 0.466 e. The van der Waals surface area contributed by atoms with E-state index in [0.29, 0.717) is 11.0 Å². The molecule has 1 aliphatic heterocycles. The minimum atomic E-state index is -0.736. The van der Waals surface area contributed by atoms with E-state index in [1.165, 1.54) is 5.56 Å². The highest BCUT2D eigenvalue weighted by Crippen LogP contribution is 2.25. The molecule has 3 atom stereocenters. The molecule has 1 fully saturated rings. The Hall–Kier alpha value is -0.610. The van der Waals surface area contributed by atoms with Crippen LogP contribution in [-0.4, -0.2) is 21.8 Å². The van der Waals surface area contributed by atoms with Crippen molar-refractivity contribution < 1.29 is 8.63 Å². The van der Waals surface area contributed by atoms with Gasteiger partial charge in [0.1, 0.15) is 11.5 Å². The molecular weight excluding hydrogens is 222 g/mol. The molecule has 1 aliphatic rings. The van der Waals surface area contributed by atoms with Crippen LogP contribution in [0.3, 0.4) is 0 Å². The molecule has 90 valence electrons. The van der Waals surface area contributed by atoms with Gasteiger partial charge < -0.3 is 9.73 Å². The number of hydrogen-bond donors (Lipinski definition) is 1. The van der Waals surface area contributed by atoms with Crippen LogP contribution in [-0.2, 0) is 10.8 Å². The first kappa shape index (κ1) is 11.9. The summed E-state index contributed by atoms with van der Waals surface area (Å²) in [4.78, 5) is 0. The van der Waals surface area contributed by atoms with Crippen molar-refractivity contribution in [2.45, 2.75) is 38.5 Å². The second kappa shape index (κ2) is 4.72. The standard InChI is InChI=1S/C12H19NO2S/c1-8-6-11(10(3)15-8)12-7-16(14)9(2)4-5-13-12/h6,9,12-13H,4-5,7H2,1-3H3. The summed E-state index contributed by atoms with van der Waals surface area (Å²) in [7, 11) is -0.736. The number of furan rings is 1. The van der Waals surface area contributed by atoms with E-state index in [0.717, 1.165) is 24.5 Å². The Bertz CT molecular complexity index is 400. The fourth-order valence-corrected chi connectivity index (χ4v) is 3.51. The Morgan fingerprint density at radius 2 is 2.25 bits per heavy atom. The maximum Gasteiger partial charge on any atom is 0.105 e. The monoisotopic (exact) mass is 241 g/mol. The third-order valence-electron chi connectivity index (χ3n) is 3.18. The molecule has 3 unspecified atom stereocenters. The van der Waals surface area contributed by atoms with Crippen molar-refractivity contribution in [2.24, 2.45) is 0 Å². The molecule has 1 aromatic rings. The third-order valence-corrected chi connectivity index (χ3v) is 4.97. The topological polar surface area (TPSA) is 42.2 Å². The molecule has 0 bridgehead atoms. The number of rotatable bonds is 1. The molecule has 2 heterocycles. The normalized spacial score (nSPS) is 31.3. The second-order valence-electron chi connectivity index (χ2n) is 4.52. The molecule has 1 N–H and O–H groups in total. The zero-order chi connectivity index (χ0) is 11.7. The summed E-state index contributed by atoms with van der Waals surface area (Å²) in [6.45, 7) is 6.92. The minimum absolute atomic E-state index is 0.184. The van der Waals surface area contributed by atoms with Crippen LogP contribution < -0.4 is 5.32 Å². The van der Waals surface area contributed by atoms with Gasteiger partial charge in [0.2, 0.25) is 0 Å². The number of hydrogen-bond acceptors (Lipinski definition) is 3. The number of nitrogens with one attached hydrogen (secondary N) is 1. The molecule has 0 radical (unpaired) electrons. The first-order valence-electron chi connectivity index (χ1n) is 5.75. The smallest absolute Gasteiger partial charge is 0.105 e. The SMILES string of the molecule is Cc1cc(C2CS(=O)C(C)CCN2)c(C)o1. The molecule has 4 heteroatoms. The molecular formula is C12H19NO2S. The average Bonchev–Trinajstić information content (AvgIpc) is 2.46. The molecule has 1 saturated heterocycles. The Balaban J connectivity index is 2.21. The van der Waals surface area contributed by atoms with Crippen molar-refractivity contribution in [3.05, 3.63) is 23.2 Å².